The molecule has 0 saturated carbocycles. The summed E-state index contributed by atoms with van der Waals surface area (Å²) in [5.41, 5.74) is 0.546. The Hall–Kier alpha value is -1.33. The van der Waals surface area contributed by atoms with E-state index in [4.69, 9.17) is 4.74 Å². The fourth-order valence-corrected chi connectivity index (χ4v) is 3.68. The van der Waals surface area contributed by atoms with E-state index < -0.39 is 0 Å². The molecule has 2 atom stereocenters. The smallest absolute Gasteiger partial charge is 0.224 e. The molecule has 2 saturated heterocycles. The summed E-state index contributed by atoms with van der Waals surface area (Å²) < 4.78 is 18.7. The van der Waals surface area contributed by atoms with Gasteiger partial charge in [0.2, 0.25) is 5.91 Å². The molecule has 1 amide bonds. The SMILES string of the molecule is CCOc1cc(F)ccc1NC(=O)CC1CC2CCC(C1)N2.Cl. The standard InChI is InChI=1S/C17H23FN2O2.ClH/c1-2-22-16-10-12(18)3-6-15(16)20-17(21)9-11-7-13-4-5-14(8-11)19-13;/h3,6,10-11,13-14,19H,2,4-5,7-9H2,1H3,(H,20,21);1H. The second kappa shape index (κ2) is 7.97. The van der Waals surface area contributed by atoms with Gasteiger partial charge in [0.25, 0.3) is 0 Å². The van der Waals surface area contributed by atoms with Gasteiger partial charge in [0.05, 0.1) is 12.3 Å². The van der Waals surface area contributed by atoms with Gasteiger partial charge < -0.3 is 15.4 Å². The van der Waals surface area contributed by atoms with Crippen molar-refractivity contribution in [1.82, 2.24) is 5.32 Å². The van der Waals surface area contributed by atoms with E-state index in [0.717, 1.165) is 12.8 Å². The van der Waals surface area contributed by atoms with E-state index in [0.29, 0.717) is 42.5 Å². The average molecular weight is 343 g/mol. The molecule has 128 valence electrons. The second-order valence-corrected chi connectivity index (χ2v) is 6.30. The fraction of sp³-hybridized carbons (Fsp3) is 0.588. The normalized spacial score (nSPS) is 25.6. The maximum atomic E-state index is 13.3. The van der Waals surface area contributed by atoms with Crippen LogP contribution in [0.1, 0.15) is 39.0 Å². The maximum absolute atomic E-state index is 13.3. The van der Waals surface area contributed by atoms with Crippen LogP contribution in [0.2, 0.25) is 0 Å². The third kappa shape index (κ3) is 4.58. The Bertz CT molecular complexity index is 543. The first-order valence-electron chi connectivity index (χ1n) is 8.12. The average Bonchev–Trinajstić information content (AvgIpc) is 2.81. The van der Waals surface area contributed by atoms with Gasteiger partial charge in [-0.3, -0.25) is 4.79 Å². The van der Waals surface area contributed by atoms with Gasteiger partial charge in [-0.1, -0.05) is 0 Å². The van der Waals surface area contributed by atoms with Crippen LogP contribution < -0.4 is 15.4 Å². The van der Waals surface area contributed by atoms with Crippen molar-refractivity contribution in [1.29, 1.82) is 0 Å². The number of amides is 1. The zero-order valence-electron chi connectivity index (χ0n) is 13.3. The Kier molecular flexibility index (Phi) is 6.25. The second-order valence-electron chi connectivity index (χ2n) is 6.30. The Balaban J connectivity index is 0.00000192. The molecule has 1 aromatic rings. The van der Waals surface area contributed by atoms with Crippen molar-refractivity contribution < 1.29 is 13.9 Å². The summed E-state index contributed by atoms with van der Waals surface area (Å²) in [6.07, 6.45) is 5.14. The first-order valence-corrected chi connectivity index (χ1v) is 8.12. The molecule has 0 spiro atoms. The zero-order valence-corrected chi connectivity index (χ0v) is 14.1. The molecule has 2 heterocycles. The van der Waals surface area contributed by atoms with Crippen LogP contribution in [0.5, 0.6) is 5.75 Å². The zero-order chi connectivity index (χ0) is 15.5. The number of hydrogen-bond donors (Lipinski definition) is 2. The first-order chi connectivity index (χ1) is 10.6. The number of nitrogens with one attached hydrogen (secondary N) is 2. The first kappa shape index (κ1) is 18.0. The molecule has 2 unspecified atom stereocenters. The molecule has 2 aliphatic rings. The number of halogens is 2. The highest BCUT2D eigenvalue weighted by atomic mass is 35.5. The van der Waals surface area contributed by atoms with Crippen LogP contribution in [0, 0.1) is 11.7 Å². The molecule has 2 bridgehead atoms. The third-order valence-corrected chi connectivity index (χ3v) is 4.56. The number of carbonyl (C=O) groups is 1. The molecule has 3 rings (SSSR count). The Morgan fingerprint density at radius 3 is 2.70 bits per heavy atom. The minimum Gasteiger partial charge on any atom is -0.492 e. The highest BCUT2D eigenvalue weighted by Crippen LogP contribution is 2.33. The van der Waals surface area contributed by atoms with Crippen LogP contribution in [0.25, 0.3) is 0 Å². The summed E-state index contributed by atoms with van der Waals surface area (Å²) in [4.78, 5) is 12.3. The van der Waals surface area contributed by atoms with E-state index in [1.807, 2.05) is 6.92 Å². The van der Waals surface area contributed by atoms with Gasteiger partial charge in [-0.05, 0) is 50.7 Å². The lowest BCUT2D eigenvalue weighted by atomic mass is 9.89. The summed E-state index contributed by atoms with van der Waals surface area (Å²) in [5.74, 6) is 0.450. The van der Waals surface area contributed by atoms with Crippen LogP contribution in [0.15, 0.2) is 18.2 Å². The van der Waals surface area contributed by atoms with Crippen LogP contribution in [-0.4, -0.2) is 24.6 Å². The van der Waals surface area contributed by atoms with Crippen molar-refractivity contribution >= 4 is 24.0 Å². The topological polar surface area (TPSA) is 50.4 Å². The quantitative estimate of drug-likeness (QED) is 0.861. The predicted molar refractivity (Wildman–Crippen MR) is 90.7 cm³/mol. The molecule has 6 heteroatoms. The molecule has 1 aromatic carbocycles. The van der Waals surface area contributed by atoms with E-state index in [2.05, 4.69) is 10.6 Å². The summed E-state index contributed by atoms with van der Waals surface area (Å²) in [5, 5.41) is 6.45. The van der Waals surface area contributed by atoms with E-state index in [1.54, 1.807) is 6.07 Å². The van der Waals surface area contributed by atoms with Crippen molar-refractivity contribution in [3.63, 3.8) is 0 Å². The highest BCUT2D eigenvalue weighted by molar-refractivity contribution is 5.92. The summed E-state index contributed by atoms with van der Waals surface area (Å²) in [6, 6.07) is 5.37. The minimum atomic E-state index is -0.364. The lowest BCUT2D eigenvalue weighted by molar-refractivity contribution is -0.117. The van der Waals surface area contributed by atoms with Gasteiger partial charge in [0, 0.05) is 24.6 Å². The molecule has 0 aromatic heterocycles. The van der Waals surface area contributed by atoms with Crippen LogP contribution in [0.3, 0.4) is 0 Å². The Morgan fingerprint density at radius 2 is 2.04 bits per heavy atom. The number of rotatable bonds is 5. The fourth-order valence-electron chi connectivity index (χ4n) is 3.68. The third-order valence-electron chi connectivity index (χ3n) is 4.56. The highest BCUT2D eigenvalue weighted by Gasteiger charge is 2.34. The van der Waals surface area contributed by atoms with Gasteiger partial charge in [-0.2, -0.15) is 0 Å². The number of anilines is 1. The van der Waals surface area contributed by atoms with Crippen LogP contribution in [0.4, 0.5) is 10.1 Å². The predicted octanol–water partition coefficient (Wildman–Crippen LogP) is 3.51. The van der Waals surface area contributed by atoms with Crippen molar-refractivity contribution in [2.75, 3.05) is 11.9 Å². The number of carbonyl (C=O) groups excluding carboxylic acids is 1. The summed E-state index contributed by atoms with van der Waals surface area (Å²) in [7, 11) is 0. The molecule has 2 aliphatic heterocycles. The molecular weight excluding hydrogens is 319 g/mol. The molecule has 2 fully saturated rings. The molecular formula is C17H24ClFN2O2. The van der Waals surface area contributed by atoms with Crippen LogP contribution >= 0.6 is 12.4 Å². The molecule has 23 heavy (non-hydrogen) atoms. The number of fused-ring (bicyclic) bond motifs is 2. The van der Waals surface area contributed by atoms with Gasteiger partial charge >= 0.3 is 0 Å². The maximum Gasteiger partial charge on any atom is 0.224 e. The van der Waals surface area contributed by atoms with Gasteiger partial charge in [-0.15, -0.1) is 12.4 Å². The monoisotopic (exact) mass is 342 g/mol. The number of hydrogen-bond acceptors (Lipinski definition) is 3. The van der Waals surface area contributed by atoms with E-state index >= 15 is 0 Å². The van der Waals surface area contributed by atoms with Gasteiger partial charge in [0.1, 0.15) is 11.6 Å². The van der Waals surface area contributed by atoms with E-state index in [1.165, 1.54) is 25.0 Å². The minimum absolute atomic E-state index is 0. The van der Waals surface area contributed by atoms with Crippen molar-refractivity contribution in [2.24, 2.45) is 5.92 Å². The summed E-state index contributed by atoms with van der Waals surface area (Å²) in [6.45, 7) is 2.27. The van der Waals surface area contributed by atoms with E-state index in [9.17, 15) is 9.18 Å². The molecule has 4 nitrogen and oxygen atoms in total. The Labute approximate surface area is 142 Å². The lowest BCUT2D eigenvalue weighted by Crippen LogP contribution is -2.39. The van der Waals surface area contributed by atoms with E-state index in [-0.39, 0.29) is 24.1 Å². The number of benzene rings is 1. The van der Waals surface area contributed by atoms with Crippen molar-refractivity contribution in [3.05, 3.63) is 24.0 Å². The van der Waals surface area contributed by atoms with Crippen LogP contribution in [-0.2, 0) is 4.79 Å². The van der Waals surface area contributed by atoms with Crippen molar-refractivity contribution in [3.8, 4) is 5.75 Å². The Morgan fingerprint density at radius 1 is 1.35 bits per heavy atom. The number of piperidine rings is 1. The molecule has 2 N–H and O–H groups in total. The lowest BCUT2D eigenvalue weighted by Gasteiger charge is -2.28. The van der Waals surface area contributed by atoms with Gasteiger partial charge in [0.15, 0.2) is 0 Å². The summed E-state index contributed by atoms with van der Waals surface area (Å²) >= 11 is 0. The molecule has 0 aliphatic carbocycles. The van der Waals surface area contributed by atoms with Gasteiger partial charge in [-0.25, -0.2) is 4.39 Å². The number of ether oxygens (including phenoxy) is 1. The largest absolute Gasteiger partial charge is 0.492 e. The van der Waals surface area contributed by atoms with Crippen molar-refractivity contribution in [2.45, 2.75) is 51.1 Å². The molecule has 0 radical (unpaired) electrons.